The van der Waals surface area contributed by atoms with Gasteiger partial charge in [0.25, 0.3) is 0 Å². The molecule has 0 amide bonds. The van der Waals surface area contributed by atoms with Crippen molar-refractivity contribution in [2.75, 3.05) is 51.3 Å². The summed E-state index contributed by atoms with van der Waals surface area (Å²) in [5, 5.41) is 3.53. The molecule has 4 rings (SSSR count). The van der Waals surface area contributed by atoms with Crippen molar-refractivity contribution in [3.8, 4) is 0 Å². The predicted octanol–water partition coefficient (Wildman–Crippen LogP) is 2.92. The zero-order valence-electron chi connectivity index (χ0n) is 19.2. The number of hydrogen-bond acceptors (Lipinski definition) is 5. The molecule has 2 unspecified atom stereocenters. The zero-order valence-corrected chi connectivity index (χ0v) is 19.2. The molecule has 172 valence electrons. The lowest BCUT2D eigenvalue weighted by Crippen LogP contribution is -2.41. The van der Waals surface area contributed by atoms with Crippen LogP contribution in [0.5, 0.6) is 0 Å². The van der Waals surface area contributed by atoms with Crippen LogP contribution in [0.4, 0.5) is 5.82 Å². The molecule has 0 spiro atoms. The minimum absolute atomic E-state index is 0.242. The van der Waals surface area contributed by atoms with Crippen LogP contribution in [0.2, 0.25) is 0 Å². The van der Waals surface area contributed by atoms with Crippen molar-refractivity contribution in [3.05, 3.63) is 59.8 Å². The van der Waals surface area contributed by atoms with Crippen molar-refractivity contribution < 1.29 is 9.47 Å². The number of anilines is 1. The van der Waals surface area contributed by atoms with Gasteiger partial charge in [-0.2, -0.15) is 0 Å². The van der Waals surface area contributed by atoms with Crippen LogP contribution in [-0.4, -0.2) is 68.4 Å². The van der Waals surface area contributed by atoms with Gasteiger partial charge in [-0.05, 0) is 36.6 Å². The van der Waals surface area contributed by atoms with Gasteiger partial charge in [0, 0.05) is 51.9 Å². The summed E-state index contributed by atoms with van der Waals surface area (Å²) in [5.41, 5.74) is 2.43. The van der Waals surface area contributed by atoms with Crippen LogP contribution in [-0.2, 0) is 22.6 Å². The fourth-order valence-electron chi connectivity index (χ4n) is 4.36. The topological polar surface area (TPSA) is 62.2 Å². The summed E-state index contributed by atoms with van der Waals surface area (Å²) in [6.07, 6.45) is 3.26. The van der Waals surface area contributed by atoms with Gasteiger partial charge >= 0.3 is 0 Å². The maximum Gasteiger partial charge on any atom is 0.193 e. The van der Waals surface area contributed by atoms with E-state index in [1.165, 1.54) is 11.1 Å². The highest BCUT2D eigenvalue weighted by Gasteiger charge is 2.25. The zero-order chi connectivity index (χ0) is 22.2. The van der Waals surface area contributed by atoms with Gasteiger partial charge in [0.05, 0.1) is 25.9 Å². The van der Waals surface area contributed by atoms with E-state index in [1.807, 2.05) is 19.3 Å². The minimum Gasteiger partial charge on any atom is -0.376 e. The van der Waals surface area contributed by atoms with E-state index in [1.54, 1.807) is 0 Å². The van der Waals surface area contributed by atoms with Crippen LogP contribution in [0.3, 0.4) is 0 Å². The maximum atomic E-state index is 5.97. The second-order valence-corrected chi connectivity index (χ2v) is 8.65. The van der Waals surface area contributed by atoms with E-state index >= 15 is 0 Å². The summed E-state index contributed by atoms with van der Waals surface area (Å²) in [4.78, 5) is 13.7. The molecule has 2 fully saturated rings. The molecule has 32 heavy (non-hydrogen) atoms. The van der Waals surface area contributed by atoms with E-state index in [0.717, 1.165) is 64.1 Å². The van der Waals surface area contributed by atoms with Crippen LogP contribution in [0.1, 0.15) is 24.5 Å². The van der Waals surface area contributed by atoms with Crippen molar-refractivity contribution in [1.82, 2.24) is 15.2 Å². The second-order valence-electron chi connectivity index (χ2n) is 8.65. The van der Waals surface area contributed by atoms with Gasteiger partial charge in [0.1, 0.15) is 5.82 Å². The Labute approximate surface area is 191 Å². The first-order chi connectivity index (χ1) is 15.7. The van der Waals surface area contributed by atoms with Gasteiger partial charge in [0.2, 0.25) is 0 Å². The molecule has 1 aromatic carbocycles. The summed E-state index contributed by atoms with van der Waals surface area (Å²) >= 11 is 0. The summed E-state index contributed by atoms with van der Waals surface area (Å²) < 4.78 is 11.6. The number of morpholine rings is 1. The molecule has 2 aliphatic heterocycles. The monoisotopic (exact) mass is 437 g/mol. The highest BCUT2D eigenvalue weighted by Crippen LogP contribution is 2.19. The number of pyridine rings is 1. The molecule has 0 radical (unpaired) electrons. The Balaban J connectivity index is 1.24. The van der Waals surface area contributed by atoms with Crippen LogP contribution in [0.15, 0.2) is 53.7 Å². The average Bonchev–Trinajstić information content (AvgIpc) is 3.29. The Bertz CT molecular complexity index is 876. The second kappa shape index (κ2) is 11.3. The van der Waals surface area contributed by atoms with Gasteiger partial charge in [-0.3, -0.25) is 4.99 Å². The number of rotatable bonds is 7. The predicted molar refractivity (Wildman–Crippen MR) is 128 cm³/mol. The van der Waals surface area contributed by atoms with Crippen molar-refractivity contribution in [3.63, 3.8) is 0 Å². The SMILES string of the molecule is CN=C(NCc1ccnc(N2CCOC(C)C2)c1)N1CCC(COCc2ccccc2)C1. The molecule has 0 saturated carbocycles. The van der Waals surface area contributed by atoms with Crippen molar-refractivity contribution in [1.29, 1.82) is 0 Å². The third-order valence-electron chi connectivity index (χ3n) is 6.09. The van der Waals surface area contributed by atoms with Crippen LogP contribution >= 0.6 is 0 Å². The third-order valence-corrected chi connectivity index (χ3v) is 6.09. The Morgan fingerprint density at radius 3 is 2.88 bits per heavy atom. The van der Waals surface area contributed by atoms with Gasteiger partial charge in [-0.1, -0.05) is 30.3 Å². The average molecular weight is 438 g/mol. The first kappa shape index (κ1) is 22.6. The first-order valence-electron chi connectivity index (χ1n) is 11.6. The highest BCUT2D eigenvalue weighted by atomic mass is 16.5. The summed E-state index contributed by atoms with van der Waals surface area (Å²) in [5.74, 6) is 2.51. The van der Waals surface area contributed by atoms with E-state index in [4.69, 9.17) is 9.47 Å². The fourth-order valence-corrected chi connectivity index (χ4v) is 4.36. The van der Waals surface area contributed by atoms with Gasteiger partial charge in [0.15, 0.2) is 5.96 Å². The lowest BCUT2D eigenvalue weighted by atomic mass is 10.1. The Hall–Kier alpha value is -2.64. The number of hydrogen-bond donors (Lipinski definition) is 1. The first-order valence-corrected chi connectivity index (χ1v) is 11.6. The molecule has 2 saturated heterocycles. The van der Waals surface area contributed by atoms with E-state index in [0.29, 0.717) is 12.5 Å². The Morgan fingerprint density at radius 2 is 2.06 bits per heavy atom. The smallest absolute Gasteiger partial charge is 0.193 e. The summed E-state index contributed by atoms with van der Waals surface area (Å²) in [7, 11) is 1.86. The van der Waals surface area contributed by atoms with E-state index in [9.17, 15) is 0 Å². The van der Waals surface area contributed by atoms with E-state index in [2.05, 4.69) is 68.4 Å². The lowest BCUT2D eigenvalue weighted by molar-refractivity contribution is 0.0529. The Kier molecular flexibility index (Phi) is 7.96. The number of aliphatic imine (C=N–C) groups is 1. The molecule has 2 aliphatic rings. The summed E-state index contributed by atoms with van der Waals surface area (Å²) in [6.45, 7) is 8.80. The Morgan fingerprint density at radius 1 is 1.19 bits per heavy atom. The van der Waals surface area contributed by atoms with E-state index < -0.39 is 0 Å². The van der Waals surface area contributed by atoms with Crippen LogP contribution < -0.4 is 10.2 Å². The molecule has 1 aromatic heterocycles. The van der Waals surface area contributed by atoms with Crippen LogP contribution in [0.25, 0.3) is 0 Å². The molecule has 0 aliphatic carbocycles. The quantitative estimate of drug-likeness (QED) is 0.531. The van der Waals surface area contributed by atoms with Gasteiger partial charge < -0.3 is 24.6 Å². The normalized spacial score (nSPS) is 21.8. The molecule has 1 N–H and O–H groups in total. The number of ether oxygens (including phenoxy) is 2. The molecule has 3 heterocycles. The number of benzene rings is 1. The maximum absolute atomic E-state index is 5.97. The molecular formula is C25H35N5O2. The summed E-state index contributed by atoms with van der Waals surface area (Å²) in [6, 6.07) is 14.6. The third kappa shape index (κ3) is 6.20. The number of guanidine groups is 1. The highest BCUT2D eigenvalue weighted by molar-refractivity contribution is 5.80. The largest absolute Gasteiger partial charge is 0.376 e. The molecule has 2 aromatic rings. The number of aromatic nitrogens is 1. The molecular weight excluding hydrogens is 402 g/mol. The fraction of sp³-hybridized carbons (Fsp3) is 0.520. The standard InChI is InChI=1S/C25H35N5O2/c1-20-16-29(12-13-32-20)24-14-22(8-10-27-24)15-28-25(26-2)30-11-9-23(17-30)19-31-18-21-6-4-3-5-7-21/h3-8,10,14,20,23H,9,11-13,15-19H2,1-2H3,(H,26,28). The van der Waals surface area contributed by atoms with Crippen molar-refractivity contribution in [2.24, 2.45) is 10.9 Å². The number of nitrogens with one attached hydrogen (secondary N) is 1. The lowest BCUT2D eigenvalue weighted by Gasteiger charge is -2.32. The van der Waals surface area contributed by atoms with Crippen molar-refractivity contribution in [2.45, 2.75) is 32.6 Å². The van der Waals surface area contributed by atoms with E-state index in [-0.39, 0.29) is 6.10 Å². The number of nitrogens with zero attached hydrogens (tertiary/aromatic N) is 4. The van der Waals surface area contributed by atoms with Crippen molar-refractivity contribution >= 4 is 11.8 Å². The van der Waals surface area contributed by atoms with Crippen LogP contribution in [0, 0.1) is 5.92 Å². The molecule has 7 heteroatoms. The minimum atomic E-state index is 0.242. The molecule has 2 atom stereocenters. The number of likely N-dealkylation sites (tertiary alicyclic amines) is 1. The molecule has 0 bridgehead atoms. The van der Waals surface area contributed by atoms with Gasteiger partial charge in [-0.15, -0.1) is 0 Å². The molecule has 7 nitrogen and oxygen atoms in total. The van der Waals surface area contributed by atoms with Gasteiger partial charge in [-0.25, -0.2) is 4.98 Å².